The van der Waals surface area contributed by atoms with E-state index in [0.717, 1.165) is 45.9 Å². The fourth-order valence-corrected chi connectivity index (χ4v) is 3.04. The molecule has 3 N–H and O–H groups in total. The Morgan fingerprint density at radius 1 is 1.39 bits per heavy atom. The van der Waals surface area contributed by atoms with Crippen molar-refractivity contribution in [3.63, 3.8) is 0 Å². The van der Waals surface area contributed by atoms with Crippen LogP contribution in [0.2, 0.25) is 0 Å². The Kier molecular flexibility index (Phi) is 2.80. The van der Waals surface area contributed by atoms with Crippen LogP contribution in [0.1, 0.15) is 28.0 Å². The van der Waals surface area contributed by atoms with Gasteiger partial charge in [0.25, 0.3) is 5.91 Å². The number of hydrogen-bond donors (Lipinski definition) is 2. The number of nitrogen functional groups attached to an aromatic ring is 1. The first kappa shape index (κ1) is 11.6. The zero-order valence-corrected chi connectivity index (χ0v) is 11.3. The number of halogens is 1. The first-order valence-corrected chi connectivity index (χ1v) is 6.62. The third-order valence-electron chi connectivity index (χ3n) is 3.35. The van der Waals surface area contributed by atoms with Crippen LogP contribution in [-0.4, -0.2) is 10.9 Å². The molecule has 0 bridgehead atoms. The molecular weight excluding hydrogens is 294 g/mol. The summed E-state index contributed by atoms with van der Waals surface area (Å²) in [7, 11) is 0. The summed E-state index contributed by atoms with van der Waals surface area (Å²) in [5, 5.41) is 0.855. The number of fused-ring (bicyclic) bond motifs is 2. The molecule has 1 aliphatic rings. The maximum absolute atomic E-state index is 12.0. The number of hydrazine groups is 1. The van der Waals surface area contributed by atoms with Gasteiger partial charge in [-0.3, -0.25) is 15.2 Å². The van der Waals surface area contributed by atoms with Crippen molar-refractivity contribution in [2.24, 2.45) is 5.84 Å². The van der Waals surface area contributed by atoms with Crippen molar-refractivity contribution in [1.29, 1.82) is 0 Å². The SMILES string of the molecule is NNC(=O)c1c2c(nc3c(Br)cccc13)CCC2. The second kappa shape index (κ2) is 4.33. The third kappa shape index (κ3) is 1.62. The van der Waals surface area contributed by atoms with E-state index in [1.165, 1.54) is 0 Å². The number of carbonyl (C=O) groups is 1. The van der Waals surface area contributed by atoms with Gasteiger partial charge < -0.3 is 0 Å². The van der Waals surface area contributed by atoms with Crippen molar-refractivity contribution in [1.82, 2.24) is 10.4 Å². The molecule has 1 heterocycles. The minimum absolute atomic E-state index is 0.237. The number of aryl methyl sites for hydroxylation is 1. The summed E-state index contributed by atoms with van der Waals surface area (Å²) in [6.45, 7) is 0. The Hall–Kier alpha value is -1.46. The number of para-hydroxylation sites is 1. The number of aromatic nitrogens is 1. The van der Waals surface area contributed by atoms with Crippen LogP contribution in [0.15, 0.2) is 22.7 Å². The lowest BCUT2D eigenvalue weighted by Crippen LogP contribution is -2.31. The van der Waals surface area contributed by atoms with E-state index in [1.807, 2.05) is 18.2 Å². The van der Waals surface area contributed by atoms with Gasteiger partial charge in [-0.1, -0.05) is 12.1 Å². The number of benzene rings is 1. The summed E-state index contributed by atoms with van der Waals surface area (Å²) >= 11 is 3.48. The maximum Gasteiger partial charge on any atom is 0.266 e. The molecule has 0 saturated heterocycles. The Morgan fingerprint density at radius 2 is 2.22 bits per heavy atom. The minimum Gasteiger partial charge on any atom is -0.290 e. The van der Waals surface area contributed by atoms with E-state index in [4.69, 9.17) is 5.84 Å². The molecule has 0 fully saturated rings. The molecule has 92 valence electrons. The van der Waals surface area contributed by atoms with Crippen molar-refractivity contribution in [2.75, 3.05) is 0 Å². The zero-order valence-electron chi connectivity index (χ0n) is 9.66. The lowest BCUT2D eigenvalue weighted by Gasteiger charge is -2.11. The molecule has 4 nitrogen and oxygen atoms in total. The van der Waals surface area contributed by atoms with Gasteiger partial charge in [-0.25, -0.2) is 5.84 Å². The van der Waals surface area contributed by atoms with Crippen molar-refractivity contribution in [3.8, 4) is 0 Å². The number of nitrogens with zero attached hydrogens (tertiary/aromatic N) is 1. The number of pyridine rings is 1. The Labute approximate surface area is 113 Å². The second-order valence-electron chi connectivity index (χ2n) is 4.38. The number of carbonyl (C=O) groups excluding carboxylic acids is 1. The molecule has 3 rings (SSSR count). The summed E-state index contributed by atoms with van der Waals surface area (Å²) in [6, 6.07) is 5.75. The van der Waals surface area contributed by atoms with E-state index < -0.39 is 0 Å². The molecule has 0 radical (unpaired) electrons. The van der Waals surface area contributed by atoms with Crippen LogP contribution < -0.4 is 11.3 Å². The molecule has 1 aromatic carbocycles. The molecule has 5 heteroatoms. The largest absolute Gasteiger partial charge is 0.290 e. The van der Waals surface area contributed by atoms with E-state index in [9.17, 15) is 4.79 Å². The Balaban J connectivity index is 2.43. The van der Waals surface area contributed by atoms with Crippen LogP contribution >= 0.6 is 15.9 Å². The van der Waals surface area contributed by atoms with Crippen LogP contribution in [0.3, 0.4) is 0 Å². The molecule has 0 aliphatic heterocycles. The minimum atomic E-state index is -0.237. The Bertz CT molecular complexity index is 654. The number of hydrogen-bond acceptors (Lipinski definition) is 3. The summed E-state index contributed by atoms with van der Waals surface area (Å²) in [5.41, 5.74) is 5.81. The van der Waals surface area contributed by atoms with Gasteiger partial charge in [0.15, 0.2) is 0 Å². The molecule has 1 aliphatic carbocycles. The molecular formula is C13H12BrN3O. The highest BCUT2D eigenvalue weighted by Crippen LogP contribution is 2.32. The van der Waals surface area contributed by atoms with E-state index in [0.29, 0.717) is 5.56 Å². The average molecular weight is 306 g/mol. The number of nitrogens with two attached hydrogens (primary N) is 1. The topological polar surface area (TPSA) is 68.0 Å². The third-order valence-corrected chi connectivity index (χ3v) is 3.99. The van der Waals surface area contributed by atoms with Crippen LogP contribution in [0.5, 0.6) is 0 Å². The molecule has 0 saturated carbocycles. The van der Waals surface area contributed by atoms with E-state index in [2.05, 4.69) is 26.3 Å². The van der Waals surface area contributed by atoms with Gasteiger partial charge in [-0.15, -0.1) is 0 Å². The molecule has 1 amide bonds. The first-order chi connectivity index (χ1) is 8.72. The number of nitrogens with one attached hydrogen (secondary N) is 1. The summed E-state index contributed by atoms with van der Waals surface area (Å²) < 4.78 is 0.903. The van der Waals surface area contributed by atoms with Crippen molar-refractivity contribution in [3.05, 3.63) is 39.5 Å². The fraction of sp³-hybridized carbons (Fsp3) is 0.231. The summed E-state index contributed by atoms with van der Waals surface area (Å²) in [5.74, 6) is 5.06. The molecule has 0 unspecified atom stereocenters. The van der Waals surface area contributed by atoms with Crippen molar-refractivity contribution >= 4 is 32.7 Å². The first-order valence-electron chi connectivity index (χ1n) is 5.83. The smallest absolute Gasteiger partial charge is 0.266 e. The molecule has 0 spiro atoms. The van der Waals surface area contributed by atoms with Crippen LogP contribution in [0, 0.1) is 0 Å². The van der Waals surface area contributed by atoms with E-state index in [1.54, 1.807) is 0 Å². The lowest BCUT2D eigenvalue weighted by atomic mass is 10.0. The van der Waals surface area contributed by atoms with Gasteiger partial charge in [0.2, 0.25) is 0 Å². The van der Waals surface area contributed by atoms with Gasteiger partial charge in [-0.05, 0) is 46.8 Å². The maximum atomic E-state index is 12.0. The van der Waals surface area contributed by atoms with Gasteiger partial charge in [0.05, 0.1) is 11.1 Å². The molecule has 0 atom stereocenters. The van der Waals surface area contributed by atoms with Gasteiger partial charge in [0.1, 0.15) is 0 Å². The van der Waals surface area contributed by atoms with Crippen LogP contribution in [0.4, 0.5) is 0 Å². The van der Waals surface area contributed by atoms with Crippen molar-refractivity contribution < 1.29 is 4.79 Å². The lowest BCUT2D eigenvalue weighted by molar-refractivity contribution is 0.0954. The molecule has 18 heavy (non-hydrogen) atoms. The fourth-order valence-electron chi connectivity index (χ4n) is 2.58. The Morgan fingerprint density at radius 3 is 3.00 bits per heavy atom. The highest BCUT2D eigenvalue weighted by molar-refractivity contribution is 9.10. The quantitative estimate of drug-likeness (QED) is 0.481. The average Bonchev–Trinajstić information content (AvgIpc) is 2.84. The number of amides is 1. The standard InChI is InChI=1S/C13H12BrN3O/c14-9-5-1-4-8-11(13(18)17-15)7-3-2-6-10(7)16-12(8)9/h1,4-5H,2-3,6,15H2,(H,17,18). The second-order valence-corrected chi connectivity index (χ2v) is 5.23. The predicted octanol–water partition coefficient (Wildman–Crippen LogP) is 2.09. The zero-order chi connectivity index (χ0) is 12.7. The van der Waals surface area contributed by atoms with Crippen molar-refractivity contribution in [2.45, 2.75) is 19.3 Å². The predicted molar refractivity (Wildman–Crippen MR) is 73.1 cm³/mol. The normalized spacial score (nSPS) is 13.7. The van der Waals surface area contributed by atoms with Gasteiger partial charge in [-0.2, -0.15) is 0 Å². The molecule has 2 aromatic rings. The molecule has 1 aromatic heterocycles. The summed E-state index contributed by atoms with van der Waals surface area (Å²) in [4.78, 5) is 16.7. The highest BCUT2D eigenvalue weighted by atomic mass is 79.9. The number of rotatable bonds is 1. The van der Waals surface area contributed by atoms with Crippen LogP contribution in [0.25, 0.3) is 10.9 Å². The van der Waals surface area contributed by atoms with E-state index >= 15 is 0 Å². The van der Waals surface area contributed by atoms with Gasteiger partial charge in [0, 0.05) is 15.6 Å². The van der Waals surface area contributed by atoms with Gasteiger partial charge >= 0.3 is 0 Å². The monoisotopic (exact) mass is 305 g/mol. The van der Waals surface area contributed by atoms with Crippen LogP contribution in [-0.2, 0) is 12.8 Å². The summed E-state index contributed by atoms with van der Waals surface area (Å²) in [6.07, 6.45) is 2.87. The van der Waals surface area contributed by atoms with E-state index in [-0.39, 0.29) is 5.91 Å². The highest BCUT2D eigenvalue weighted by Gasteiger charge is 2.23.